The maximum Gasteiger partial charge on any atom is 0.337 e. The summed E-state index contributed by atoms with van der Waals surface area (Å²) < 4.78 is 0.679. The van der Waals surface area contributed by atoms with Crippen molar-refractivity contribution in [3.05, 3.63) is 28.2 Å². The molecule has 4 N–H and O–H groups in total. The highest BCUT2D eigenvalue weighted by molar-refractivity contribution is 9.10. The third kappa shape index (κ3) is 3.30. The van der Waals surface area contributed by atoms with Crippen molar-refractivity contribution in [1.29, 1.82) is 0 Å². The molecule has 6 heteroatoms. The van der Waals surface area contributed by atoms with Crippen LogP contribution in [-0.2, 0) is 4.79 Å². The third-order valence-corrected chi connectivity index (χ3v) is 3.21. The van der Waals surface area contributed by atoms with E-state index in [1.165, 1.54) is 12.1 Å². The van der Waals surface area contributed by atoms with Crippen LogP contribution >= 0.6 is 15.9 Å². The first-order valence-corrected chi connectivity index (χ1v) is 6.20. The Morgan fingerprint density at radius 2 is 2.11 bits per heavy atom. The van der Waals surface area contributed by atoms with E-state index in [0.717, 1.165) is 0 Å². The molecule has 0 aliphatic carbocycles. The summed E-state index contributed by atoms with van der Waals surface area (Å²) in [7, 11) is 0. The monoisotopic (exact) mass is 314 g/mol. The minimum Gasteiger partial charge on any atom is -0.478 e. The molecule has 18 heavy (non-hydrogen) atoms. The summed E-state index contributed by atoms with van der Waals surface area (Å²) in [6, 6.07) is 4.55. The number of carboxylic acid groups (broad SMARTS) is 1. The molecule has 0 aromatic heterocycles. The standard InChI is InChI=1S/C12H15BrN2O3/c1-3-12(2,14)11(18)15-9-6-7(13)4-5-8(9)10(16)17/h4-6H,3,14H2,1-2H3,(H,15,18)(H,16,17). The number of carbonyl (C=O) groups excluding carboxylic acids is 1. The number of aromatic carboxylic acids is 1. The molecule has 0 bridgehead atoms. The smallest absolute Gasteiger partial charge is 0.337 e. The third-order valence-electron chi connectivity index (χ3n) is 2.71. The van der Waals surface area contributed by atoms with Gasteiger partial charge in [0, 0.05) is 4.47 Å². The molecule has 1 rings (SSSR count). The lowest BCUT2D eigenvalue weighted by atomic mass is 9.99. The summed E-state index contributed by atoms with van der Waals surface area (Å²) in [4.78, 5) is 22.9. The summed E-state index contributed by atoms with van der Waals surface area (Å²) in [6.45, 7) is 3.39. The molecule has 0 fully saturated rings. The van der Waals surface area contributed by atoms with Crippen molar-refractivity contribution in [1.82, 2.24) is 0 Å². The van der Waals surface area contributed by atoms with Crippen molar-refractivity contribution in [2.75, 3.05) is 5.32 Å². The molecule has 0 radical (unpaired) electrons. The second-order valence-electron chi connectivity index (χ2n) is 4.22. The van der Waals surface area contributed by atoms with Crippen molar-refractivity contribution in [2.24, 2.45) is 5.73 Å². The van der Waals surface area contributed by atoms with Crippen LogP contribution in [0.4, 0.5) is 5.69 Å². The average Bonchev–Trinajstić information content (AvgIpc) is 2.28. The van der Waals surface area contributed by atoms with Crippen LogP contribution in [0.3, 0.4) is 0 Å². The largest absolute Gasteiger partial charge is 0.478 e. The average molecular weight is 315 g/mol. The summed E-state index contributed by atoms with van der Waals surface area (Å²) in [5.74, 6) is -1.52. The van der Waals surface area contributed by atoms with Gasteiger partial charge in [0.25, 0.3) is 0 Å². The van der Waals surface area contributed by atoms with Gasteiger partial charge in [-0.25, -0.2) is 4.79 Å². The Bertz CT molecular complexity index is 486. The van der Waals surface area contributed by atoms with E-state index in [1.54, 1.807) is 19.9 Å². The molecule has 0 saturated heterocycles. The number of benzene rings is 1. The number of rotatable bonds is 4. The topological polar surface area (TPSA) is 92.4 Å². The predicted molar refractivity (Wildman–Crippen MR) is 72.6 cm³/mol. The molecule has 1 aromatic rings. The highest BCUT2D eigenvalue weighted by Crippen LogP contribution is 2.22. The number of hydrogen-bond donors (Lipinski definition) is 3. The fraction of sp³-hybridized carbons (Fsp3) is 0.333. The van der Waals surface area contributed by atoms with E-state index in [1.807, 2.05) is 0 Å². The van der Waals surface area contributed by atoms with Gasteiger partial charge in [-0.1, -0.05) is 22.9 Å². The fourth-order valence-corrected chi connectivity index (χ4v) is 1.59. The molecule has 0 saturated carbocycles. The summed E-state index contributed by atoms with van der Waals surface area (Å²) in [5, 5.41) is 11.6. The van der Waals surface area contributed by atoms with E-state index >= 15 is 0 Å². The summed E-state index contributed by atoms with van der Waals surface area (Å²) in [6.07, 6.45) is 0.454. The van der Waals surface area contributed by atoms with Crippen LogP contribution in [0.2, 0.25) is 0 Å². The molecule has 1 unspecified atom stereocenters. The van der Waals surface area contributed by atoms with Gasteiger partial charge in [-0.2, -0.15) is 0 Å². The van der Waals surface area contributed by atoms with Gasteiger partial charge in [0.15, 0.2) is 0 Å². The summed E-state index contributed by atoms with van der Waals surface area (Å²) >= 11 is 3.23. The zero-order valence-electron chi connectivity index (χ0n) is 10.2. The highest BCUT2D eigenvalue weighted by atomic mass is 79.9. The maximum atomic E-state index is 11.9. The van der Waals surface area contributed by atoms with Gasteiger partial charge in [0.1, 0.15) is 0 Å². The molecule has 1 amide bonds. The van der Waals surface area contributed by atoms with Crippen molar-refractivity contribution < 1.29 is 14.7 Å². The molecule has 1 aromatic carbocycles. The van der Waals surface area contributed by atoms with Gasteiger partial charge in [-0.3, -0.25) is 4.79 Å². The van der Waals surface area contributed by atoms with Crippen LogP contribution in [-0.4, -0.2) is 22.5 Å². The second-order valence-corrected chi connectivity index (χ2v) is 5.14. The minimum absolute atomic E-state index is 0.0263. The first-order valence-electron chi connectivity index (χ1n) is 5.41. The Morgan fingerprint density at radius 3 is 2.61 bits per heavy atom. The van der Waals surface area contributed by atoms with E-state index in [0.29, 0.717) is 10.9 Å². The van der Waals surface area contributed by atoms with Crippen LogP contribution in [0, 0.1) is 0 Å². The van der Waals surface area contributed by atoms with Crippen LogP contribution in [0.25, 0.3) is 0 Å². The quantitative estimate of drug-likeness (QED) is 0.794. The molecule has 0 aliphatic heterocycles. The maximum absolute atomic E-state index is 11.9. The Morgan fingerprint density at radius 1 is 1.50 bits per heavy atom. The van der Waals surface area contributed by atoms with Crippen LogP contribution in [0.1, 0.15) is 30.6 Å². The Labute approximate surface area is 113 Å². The van der Waals surface area contributed by atoms with Crippen molar-refractivity contribution in [2.45, 2.75) is 25.8 Å². The number of nitrogens with one attached hydrogen (secondary N) is 1. The molecule has 0 aliphatic rings. The Kier molecular flexibility index (Phi) is 4.48. The highest BCUT2D eigenvalue weighted by Gasteiger charge is 2.27. The molecule has 5 nitrogen and oxygen atoms in total. The lowest BCUT2D eigenvalue weighted by Crippen LogP contribution is -2.48. The zero-order chi connectivity index (χ0) is 13.9. The van der Waals surface area contributed by atoms with Gasteiger partial charge in [-0.05, 0) is 31.5 Å². The lowest BCUT2D eigenvalue weighted by Gasteiger charge is -2.22. The Hall–Kier alpha value is -1.40. The van der Waals surface area contributed by atoms with Crippen LogP contribution < -0.4 is 11.1 Å². The number of carbonyl (C=O) groups is 2. The van der Waals surface area contributed by atoms with Crippen molar-refractivity contribution in [3.8, 4) is 0 Å². The van der Waals surface area contributed by atoms with Gasteiger partial charge in [0.05, 0.1) is 16.8 Å². The second kappa shape index (κ2) is 5.49. The fourth-order valence-electron chi connectivity index (χ4n) is 1.23. The van der Waals surface area contributed by atoms with Gasteiger partial charge in [0.2, 0.25) is 5.91 Å². The first kappa shape index (κ1) is 14.7. The predicted octanol–water partition coefficient (Wildman–Crippen LogP) is 2.21. The normalized spacial score (nSPS) is 13.8. The molecule has 98 valence electrons. The minimum atomic E-state index is -1.10. The molecule has 0 heterocycles. The van der Waals surface area contributed by atoms with E-state index in [4.69, 9.17) is 10.8 Å². The van der Waals surface area contributed by atoms with Crippen molar-refractivity contribution in [3.63, 3.8) is 0 Å². The number of nitrogens with two attached hydrogens (primary N) is 1. The van der Waals surface area contributed by atoms with Gasteiger partial charge < -0.3 is 16.2 Å². The van der Waals surface area contributed by atoms with E-state index < -0.39 is 17.4 Å². The van der Waals surface area contributed by atoms with E-state index in [-0.39, 0.29) is 11.3 Å². The zero-order valence-corrected chi connectivity index (χ0v) is 11.7. The lowest BCUT2D eigenvalue weighted by molar-refractivity contribution is -0.120. The van der Waals surface area contributed by atoms with E-state index in [2.05, 4.69) is 21.2 Å². The first-order chi connectivity index (χ1) is 8.27. The summed E-state index contributed by atoms with van der Waals surface area (Å²) in [5.41, 5.74) is 5.03. The molecular formula is C12H15BrN2O3. The van der Waals surface area contributed by atoms with Crippen LogP contribution in [0.5, 0.6) is 0 Å². The number of carboxylic acids is 1. The molecule has 1 atom stereocenters. The number of hydrogen-bond acceptors (Lipinski definition) is 3. The number of amides is 1. The SMILES string of the molecule is CCC(C)(N)C(=O)Nc1cc(Br)ccc1C(=O)O. The number of halogens is 1. The molecule has 0 spiro atoms. The van der Waals surface area contributed by atoms with Crippen molar-refractivity contribution >= 4 is 33.5 Å². The molecular weight excluding hydrogens is 300 g/mol. The van der Waals surface area contributed by atoms with Gasteiger partial charge in [-0.15, -0.1) is 0 Å². The number of anilines is 1. The Balaban J connectivity index is 3.07. The van der Waals surface area contributed by atoms with Crippen LogP contribution in [0.15, 0.2) is 22.7 Å². The van der Waals surface area contributed by atoms with Gasteiger partial charge >= 0.3 is 5.97 Å². The van der Waals surface area contributed by atoms with E-state index in [9.17, 15) is 9.59 Å².